The standard InChI is InChI=1S/C25H20Cl3F9N2O2/c1-3-23(30,31)15(13-7-17(26)20(28)18(27)8-13)9-19(29)12-4-5-14(16(6-12)25(35,36)37)22(41)39-11(2)21(40)38-10-24(32,33)34/h4-9,11,15H,3,10H2,1-2H3,(H,38,40)(H,39,41)/b19-9-. The molecule has 2 rings (SSSR count). The molecule has 0 spiro atoms. The maximum atomic E-state index is 15.2. The van der Waals surface area contributed by atoms with Gasteiger partial charge in [-0.1, -0.05) is 47.8 Å². The first-order valence-corrected chi connectivity index (χ1v) is 12.6. The number of nitrogens with one attached hydrogen (secondary N) is 2. The van der Waals surface area contributed by atoms with Gasteiger partial charge in [-0.15, -0.1) is 0 Å². The van der Waals surface area contributed by atoms with Crippen molar-refractivity contribution in [3.63, 3.8) is 0 Å². The van der Waals surface area contributed by atoms with E-state index in [1.807, 2.05) is 5.32 Å². The molecule has 2 aromatic rings. The van der Waals surface area contributed by atoms with E-state index in [-0.39, 0.29) is 26.7 Å². The summed E-state index contributed by atoms with van der Waals surface area (Å²) in [6, 6.07) is 1.76. The molecular formula is C25H20Cl3F9N2O2. The molecule has 0 fully saturated rings. The van der Waals surface area contributed by atoms with Gasteiger partial charge in [0.25, 0.3) is 11.8 Å². The number of carbonyl (C=O) groups is 2. The Morgan fingerprint density at radius 1 is 0.951 bits per heavy atom. The Hall–Kier alpha value is -2.64. The van der Waals surface area contributed by atoms with Crippen molar-refractivity contribution in [2.75, 3.05) is 6.54 Å². The Morgan fingerprint density at radius 3 is 2.00 bits per heavy atom. The highest BCUT2D eigenvalue weighted by Gasteiger charge is 2.40. The number of amides is 2. The topological polar surface area (TPSA) is 58.2 Å². The van der Waals surface area contributed by atoms with E-state index in [1.165, 1.54) is 5.32 Å². The Bertz CT molecular complexity index is 1310. The number of rotatable bonds is 9. The second kappa shape index (κ2) is 13.1. The minimum Gasteiger partial charge on any atom is -0.345 e. The van der Waals surface area contributed by atoms with Crippen molar-refractivity contribution in [3.8, 4) is 0 Å². The number of allylic oxidation sites excluding steroid dienone is 1. The molecule has 16 heteroatoms. The summed E-state index contributed by atoms with van der Waals surface area (Å²) < 4.78 is 123. The molecule has 0 radical (unpaired) electrons. The van der Waals surface area contributed by atoms with Crippen molar-refractivity contribution in [1.82, 2.24) is 10.6 Å². The third kappa shape index (κ3) is 9.17. The summed E-state index contributed by atoms with van der Waals surface area (Å²) >= 11 is 17.7. The lowest BCUT2D eigenvalue weighted by Gasteiger charge is -2.25. The zero-order valence-electron chi connectivity index (χ0n) is 20.9. The Kier molecular flexibility index (Phi) is 11.1. The summed E-state index contributed by atoms with van der Waals surface area (Å²) in [5, 5.41) is 2.68. The van der Waals surface area contributed by atoms with Crippen LogP contribution in [0.1, 0.15) is 53.2 Å². The van der Waals surface area contributed by atoms with Gasteiger partial charge in [-0.25, -0.2) is 13.2 Å². The van der Waals surface area contributed by atoms with Crippen LogP contribution in [-0.2, 0) is 11.0 Å². The van der Waals surface area contributed by atoms with E-state index in [0.717, 1.165) is 26.0 Å². The minimum atomic E-state index is -5.27. The molecule has 0 aliphatic carbocycles. The van der Waals surface area contributed by atoms with E-state index < -0.39 is 77.5 Å². The van der Waals surface area contributed by atoms with Gasteiger partial charge >= 0.3 is 12.4 Å². The maximum absolute atomic E-state index is 15.2. The van der Waals surface area contributed by atoms with Crippen LogP contribution < -0.4 is 10.6 Å². The predicted molar refractivity (Wildman–Crippen MR) is 136 cm³/mol. The van der Waals surface area contributed by atoms with E-state index >= 15 is 4.39 Å². The number of carbonyl (C=O) groups excluding carboxylic acids is 2. The average molecular weight is 658 g/mol. The molecule has 226 valence electrons. The Morgan fingerprint density at radius 2 is 1.51 bits per heavy atom. The summed E-state index contributed by atoms with van der Waals surface area (Å²) in [7, 11) is 0. The first kappa shape index (κ1) is 34.6. The zero-order valence-corrected chi connectivity index (χ0v) is 23.2. The first-order chi connectivity index (χ1) is 18.7. The van der Waals surface area contributed by atoms with Gasteiger partial charge in [0.2, 0.25) is 5.91 Å². The molecule has 0 aliphatic heterocycles. The van der Waals surface area contributed by atoms with Crippen LogP contribution in [0.5, 0.6) is 0 Å². The van der Waals surface area contributed by atoms with Crippen molar-refractivity contribution in [3.05, 3.63) is 73.7 Å². The third-order valence-electron chi connectivity index (χ3n) is 5.65. The van der Waals surface area contributed by atoms with Crippen LogP contribution in [0.15, 0.2) is 36.4 Å². The fraction of sp³-hybridized carbons (Fsp3) is 0.360. The maximum Gasteiger partial charge on any atom is 0.417 e. The van der Waals surface area contributed by atoms with E-state index in [0.29, 0.717) is 18.2 Å². The first-order valence-electron chi connectivity index (χ1n) is 11.4. The molecule has 2 amide bonds. The average Bonchev–Trinajstić information content (AvgIpc) is 2.86. The van der Waals surface area contributed by atoms with E-state index in [1.54, 1.807) is 0 Å². The largest absolute Gasteiger partial charge is 0.417 e. The predicted octanol–water partition coefficient (Wildman–Crippen LogP) is 8.60. The second-order valence-corrected chi connectivity index (χ2v) is 9.88. The van der Waals surface area contributed by atoms with Crippen LogP contribution in [-0.4, -0.2) is 36.5 Å². The lowest BCUT2D eigenvalue weighted by atomic mass is 9.89. The van der Waals surface area contributed by atoms with Crippen molar-refractivity contribution in [1.29, 1.82) is 0 Å². The molecule has 41 heavy (non-hydrogen) atoms. The number of hydrogen-bond acceptors (Lipinski definition) is 2. The summed E-state index contributed by atoms with van der Waals surface area (Å²) in [6.07, 6.45) is -10.5. The quantitative estimate of drug-likeness (QED) is 0.210. The monoisotopic (exact) mass is 656 g/mol. The molecule has 2 aromatic carbocycles. The lowest BCUT2D eigenvalue weighted by Crippen LogP contribution is -2.47. The second-order valence-electron chi connectivity index (χ2n) is 8.69. The van der Waals surface area contributed by atoms with Crippen LogP contribution in [0.25, 0.3) is 5.83 Å². The van der Waals surface area contributed by atoms with Gasteiger partial charge in [0, 0.05) is 12.0 Å². The lowest BCUT2D eigenvalue weighted by molar-refractivity contribution is -0.139. The van der Waals surface area contributed by atoms with Crippen LogP contribution in [0.3, 0.4) is 0 Å². The SMILES string of the molecule is CCC(F)(F)C(/C=C(\F)c1ccc(C(=O)NC(C)C(=O)NCC(F)(F)F)c(C(F)(F)F)c1)c1cc(Cl)c(Cl)c(Cl)c1. The molecular weight excluding hydrogens is 638 g/mol. The van der Waals surface area contributed by atoms with Crippen LogP contribution in [0.4, 0.5) is 39.5 Å². The van der Waals surface area contributed by atoms with Gasteiger partial charge in [0.1, 0.15) is 18.4 Å². The smallest absolute Gasteiger partial charge is 0.345 e. The molecule has 0 heterocycles. The minimum absolute atomic E-state index is 0.157. The van der Waals surface area contributed by atoms with Crippen LogP contribution >= 0.6 is 34.8 Å². The molecule has 2 atom stereocenters. The molecule has 0 saturated carbocycles. The van der Waals surface area contributed by atoms with Crippen molar-refractivity contribution < 1.29 is 49.1 Å². The molecule has 2 N–H and O–H groups in total. The summed E-state index contributed by atoms with van der Waals surface area (Å²) in [5.74, 6) is -10.0. The van der Waals surface area contributed by atoms with Gasteiger partial charge < -0.3 is 10.6 Å². The fourth-order valence-corrected chi connectivity index (χ4v) is 4.10. The number of alkyl halides is 8. The van der Waals surface area contributed by atoms with Crippen LogP contribution in [0, 0.1) is 0 Å². The van der Waals surface area contributed by atoms with E-state index in [9.17, 15) is 44.7 Å². The molecule has 2 unspecified atom stereocenters. The van der Waals surface area contributed by atoms with Gasteiger partial charge in [-0.2, -0.15) is 26.3 Å². The molecule has 4 nitrogen and oxygen atoms in total. The van der Waals surface area contributed by atoms with E-state index in [4.69, 9.17) is 34.8 Å². The number of hydrogen-bond donors (Lipinski definition) is 2. The van der Waals surface area contributed by atoms with Gasteiger partial charge in [-0.05, 0) is 42.8 Å². The van der Waals surface area contributed by atoms with E-state index in [2.05, 4.69) is 0 Å². The summed E-state index contributed by atoms with van der Waals surface area (Å²) in [4.78, 5) is 24.3. The van der Waals surface area contributed by atoms with Crippen LogP contribution in [0.2, 0.25) is 15.1 Å². The van der Waals surface area contributed by atoms with Crippen molar-refractivity contribution in [2.45, 2.75) is 50.5 Å². The van der Waals surface area contributed by atoms with Crippen molar-refractivity contribution in [2.24, 2.45) is 0 Å². The molecule has 0 saturated heterocycles. The Labute approximate surface area is 242 Å². The van der Waals surface area contributed by atoms with Gasteiger partial charge in [0.05, 0.1) is 32.1 Å². The highest BCUT2D eigenvalue weighted by molar-refractivity contribution is 6.48. The normalized spacial score (nSPS) is 14.4. The third-order valence-corrected chi connectivity index (χ3v) is 6.85. The number of halogens is 12. The highest BCUT2D eigenvalue weighted by Crippen LogP contribution is 2.43. The fourth-order valence-electron chi connectivity index (χ4n) is 3.48. The molecule has 0 aliphatic rings. The summed E-state index contributed by atoms with van der Waals surface area (Å²) in [5.41, 5.74) is -3.91. The van der Waals surface area contributed by atoms with Gasteiger partial charge in [-0.3, -0.25) is 9.59 Å². The van der Waals surface area contributed by atoms with Gasteiger partial charge in [0.15, 0.2) is 0 Å². The number of benzene rings is 2. The Balaban J connectivity index is 2.49. The molecule has 0 bridgehead atoms. The van der Waals surface area contributed by atoms with Crippen molar-refractivity contribution >= 4 is 52.4 Å². The highest BCUT2D eigenvalue weighted by atomic mass is 35.5. The zero-order chi connectivity index (χ0) is 31.5. The molecule has 0 aromatic heterocycles. The summed E-state index contributed by atoms with van der Waals surface area (Å²) in [6.45, 7) is 0.279.